The summed E-state index contributed by atoms with van der Waals surface area (Å²) in [5.41, 5.74) is 1.66. The summed E-state index contributed by atoms with van der Waals surface area (Å²) in [6.45, 7) is 0.179. The first-order valence-electron chi connectivity index (χ1n) is 5.94. The van der Waals surface area contributed by atoms with Gasteiger partial charge in [0.2, 0.25) is 0 Å². The Balaban J connectivity index is 2.19. The Hall–Kier alpha value is -1.26. The summed E-state index contributed by atoms with van der Waals surface area (Å²) in [5, 5.41) is 0.803. The van der Waals surface area contributed by atoms with Crippen LogP contribution in [0.3, 0.4) is 0 Å². The minimum absolute atomic E-state index is 0.0862. The van der Waals surface area contributed by atoms with Crippen molar-refractivity contribution in [1.29, 1.82) is 0 Å². The summed E-state index contributed by atoms with van der Waals surface area (Å²) in [4.78, 5) is 0. The van der Waals surface area contributed by atoms with Crippen molar-refractivity contribution in [1.82, 2.24) is 0 Å². The van der Waals surface area contributed by atoms with Gasteiger partial charge < -0.3 is 9.47 Å². The Bertz CT molecular complexity index is 604. The highest BCUT2D eigenvalue weighted by Crippen LogP contribution is 2.30. The molecule has 0 heterocycles. The molecule has 0 amide bonds. The fourth-order valence-electron chi connectivity index (χ4n) is 1.73. The van der Waals surface area contributed by atoms with Gasteiger partial charge in [-0.1, -0.05) is 45.7 Å². The second-order valence-electron chi connectivity index (χ2n) is 4.12. The third kappa shape index (κ3) is 3.44. The molecule has 0 radical (unpaired) electrons. The lowest BCUT2D eigenvalue weighted by atomic mass is 10.2. The molecule has 0 spiro atoms. The van der Waals surface area contributed by atoms with E-state index in [1.54, 1.807) is 19.2 Å². The van der Waals surface area contributed by atoms with Crippen LogP contribution in [0.25, 0.3) is 0 Å². The van der Waals surface area contributed by atoms with Crippen molar-refractivity contribution in [3.05, 3.63) is 58.4 Å². The van der Waals surface area contributed by atoms with Crippen LogP contribution in [0.2, 0.25) is 5.02 Å². The Morgan fingerprint density at radius 1 is 1.20 bits per heavy atom. The van der Waals surface area contributed by atoms with Crippen LogP contribution in [-0.4, -0.2) is 7.11 Å². The number of ether oxygens (including phenoxy) is 2. The van der Waals surface area contributed by atoms with Crippen LogP contribution in [0.4, 0.5) is 4.39 Å². The number of hydrogen-bond acceptors (Lipinski definition) is 2. The van der Waals surface area contributed by atoms with Crippen molar-refractivity contribution in [2.45, 2.75) is 11.9 Å². The van der Waals surface area contributed by atoms with E-state index in [9.17, 15) is 4.39 Å². The largest absolute Gasteiger partial charge is 0.493 e. The van der Waals surface area contributed by atoms with Crippen LogP contribution < -0.4 is 9.47 Å². The normalized spacial score (nSPS) is 10.4. The van der Waals surface area contributed by atoms with E-state index >= 15 is 0 Å². The van der Waals surface area contributed by atoms with Crippen molar-refractivity contribution < 1.29 is 13.9 Å². The highest BCUT2D eigenvalue weighted by atomic mass is 79.9. The molecule has 2 aromatic rings. The number of methoxy groups -OCH3 is 1. The van der Waals surface area contributed by atoms with Gasteiger partial charge in [-0.15, -0.1) is 0 Å². The number of alkyl halides is 1. The molecular weight excluding hydrogens is 347 g/mol. The highest BCUT2D eigenvalue weighted by Gasteiger charge is 2.09. The first-order chi connectivity index (χ1) is 9.65. The Morgan fingerprint density at radius 2 is 2.00 bits per heavy atom. The molecule has 0 aliphatic rings. The number of halogens is 3. The van der Waals surface area contributed by atoms with Gasteiger partial charge in [0.1, 0.15) is 12.4 Å². The van der Waals surface area contributed by atoms with E-state index in [-0.39, 0.29) is 11.6 Å². The summed E-state index contributed by atoms with van der Waals surface area (Å²) >= 11 is 9.29. The van der Waals surface area contributed by atoms with Crippen LogP contribution in [0, 0.1) is 5.82 Å². The Morgan fingerprint density at radius 3 is 2.70 bits per heavy atom. The third-order valence-electron chi connectivity index (χ3n) is 2.80. The zero-order valence-corrected chi connectivity index (χ0v) is 13.2. The van der Waals surface area contributed by atoms with Crippen molar-refractivity contribution in [3.8, 4) is 11.5 Å². The lowest BCUT2D eigenvalue weighted by molar-refractivity contribution is 0.284. The standard InChI is InChI=1S/C15H13BrClFO2/c1-19-13-6-5-10(8-16)7-14(13)20-9-11-3-2-4-12(18)15(11)17/h2-7H,8-9H2,1H3. The fraction of sp³-hybridized carbons (Fsp3) is 0.200. The predicted molar refractivity (Wildman–Crippen MR) is 81.4 cm³/mol. The number of benzene rings is 2. The predicted octanol–water partition coefficient (Wildman–Crippen LogP) is 4.96. The van der Waals surface area contributed by atoms with Crippen LogP contribution in [0.5, 0.6) is 11.5 Å². The van der Waals surface area contributed by atoms with Gasteiger partial charge in [-0.05, 0) is 23.8 Å². The van der Waals surface area contributed by atoms with Gasteiger partial charge in [0.25, 0.3) is 0 Å². The van der Waals surface area contributed by atoms with Gasteiger partial charge in [0, 0.05) is 10.9 Å². The lowest BCUT2D eigenvalue weighted by Gasteiger charge is -2.12. The van der Waals surface area contributed by atoms with Gasteiger partial charge in [0.15, 0.2) is 11.5 Å². The zero-order chi connectivity index (χ0) is 14.5. The summed E-state index contributed by atoms with van der Waals surface area (Å²) in [5.74, 6) is 0.779. The molecule has 0 N–H and O–H groups in total. The molecule has 106 valence electrons. The van der Waals surface area contributed by atoms with Crippen molar-refractivity contribution >= 4 is 27.5 Å². The molecule has 0 fully saturated rings. The second kappa shape index (κ2) is 6.95. The molecular formula is C15H13BrClFO2. The van der Waals surface area contributed by atoms with Gasteiger partial charge in [-0.3, -0.25) is 0 Å². The van der Waals surface area contributed by atoms with Crippen molar-refractivity contribution in [2.24, 2.45) is 0 Å². The smallest absolute Gasteiger partial charge is 0.161 e. The molecule has 0 unspecified atom stereocenters. The van der Waals surface area contributed by atoms with Crippen LogP contribution in [0.1, 0.15) is 11.1 Å². The Kier molecular flexibility index (Phi) is 5.26. The summed E-state index contributed by atoms with van der Waals surface area (Å²) < 4.78 is 24.3. The summed E-state index contributed by atoms with van der Waals surface area (Å²) in [6, 6.07) is 10.3. The van der Waals surface area contributed by atoms with Gasteiger partial charge >= 0.3 is 0 Å². The molecule has 2 rings (SSSR count). The van der Waals surface area contributed by atoms with Crippen LogP contribution in [-0.2, 0) is 11.9 Å². The minimum atomic E-state index is -0.450. The number of hydrogen-bond donors (Lipinski definition) is 0. The topological polar surface area (TPSA) is 18.5 Å². The second-order valence-corrected chi connectivity index (χ2v) is 5.06. The van der Waals surface area contributed by atoms with Crippen LogP contribution >= 0.6 is 27.5 Å². The maximum atomic E-state index is 13.4. The monoisotopic (exact) mass is 358 g/mol. The van der Waals surface area contributed by atoms with E-state index in [1.165, 1.54) is 6.07 Å². The van der Waals surface area contributed by atoms with E-state index in [0.717, 1.165) is 5.56 Å². The summed E-state index contributed by atoms with van der Waals surface area (Å²) in [7, 11) is 1.57. The van der Waals surface area contributed by atoms with Crippen molar-refractivity contribution in [2.75, 3.05) is 7.11 Å². The molecule has 0 aliphatic carbocycles. The SMILES string of the molecule is COc1ccc(CBr)cc1OCc1cccc(F)c1Cl. The van der Waals surface area contributed by atoms with Gasteiger partial charge in [-0.2, -0.15) is 0 Å². The molecule has 0 saturated carbocycles. The number of rotatable bonds is 5. The maximum absolute atomic E-state index is 13.4. The highest BCUT2D eigenvalue weighted by molar-refractivity contribution is 9.08. The van der Waals surface area contributed by atoms with Crippen LogP contribution in [0.15, 0.2) is 36.4 Å². The average molecular weight is 360 g/mol. The zero-order valence-electron chi connectivity index (χ0n) is 10.8. The molecule has 0 aliphatic heterocycles. The van der Waals surface area contributed by atoms with E-state index in [0.29, 0.717) is 22.4 Å². The quantitative estimate of drug-likeness (QED) is 0.702. The lowest BCUT2D eigenvalue weighted by Crippen LogP contribution is -2.00. The van der Waals surface area contributed by atoms with Gasteiger partial charge in [-0.25, -0.2) is 4.39 Å². The Labute approximate surface area is 130 Å². The van der Waals surface area contributed by atoms with E-state index in [2.05, 4.69) is 15.9 Å². The van der Waals surface area contributed by atoms with Gasteiger partial charge in [0.05, 0.1) is 12.1 Å². The van der Waals surface area contributed by atoms with Crippen molar-refractivity contribution in [3.63, 3.8) is 0 Å². The average Bonchev–Trinajstić information content (AvgIpc) is 2.48. The molecule has 2 aromatic carbocycles. The molecule has 0 atom stereocenters. The first-order valence-corrected chi connectivity index (χ1v) is 7.44. The molecule has 0 saturated heterocycles. The molecule has 0 bridgehead atoms. The first kappa shape index (κ1) is 15.1. The van der Waals surface area contributed by atoms with E-state index in [1.807, 2.05) is 18.2 Å². The summed E-state index contributed by atoms with van der Waals surface area (Å²) in [6.07, 6.45) is 0. The third-order valence-corrected chi connectivity index (χ3v) is 3.87. The fourth-order valence-corrected chi connectivity index (χ4v) is 2.26. The molecule has 5 heteroatoms. The van der Waals surface area contributed by atoms with E-state index < -0.39 is 5.82 Å². The maximum Gasteiger partial charge on any atom is 0.161 e. The molecule has 0 aromatic heterocycles. The molecule has 2 nitrogen and oxygen atoms in total. The van der Waals surface area contributed by atoms with E-state index in [4.69, 9.17) is 21.1 Å². The minimum Gasteiger partial charge on any atom is -0.493 e. The molecule has 20 heavy (non-hydrogen) atoms.